The van der Waals surface area contributed by atoms with E-state index in [0.717, 1.165) is 11.3 Å². The Morgan fingerprint density at radius 3 is 2.68 bits per heavy atom. The van der Waals surface area contributed by atoms with Crippen LogP contribution in [-0.2, 0) is 16.4 Å². The van der Waals surface area contributed by atoms with Crippen molar-refractivity contribution in [1.29, 1.82) is 0 Å². The summed E-state index contributed by atoms with van der Waals surface area (Å²) >= 11 is 4.37. The van der Waals surface area contributed by atoms with E-state index < -0.39 is 10.0 Å². The molecule has 102 valence electrons. The molecule has 1 aromatic carbocycles. The fourth-order valence-corrected chi connectivity index (χ4v) is 4.21. The van der Waals surface area contributed by atoms with E-state index in [1.807, 2.05) is 6.92 Å². The number of thiophene rings is 1. The molecule has 0 unspecified atom stereocenters. The fraction of sp³-hybridized carbons (Fsp3) is 0.167. The van der Waals surface area contributed by atoms with Gasteiger partial charge >= 0.3 is 0 Å². The van der Waals surface area contributed by atoms with E-state index in [1.165, 1.54) is 17.4 Å². The van der Waals surface area contributed by atoms with Gasteiger partial charge in [-0.05, 0) is 46.6 Å². The van der Waals surface area contributed by atoms with Crippen LogP contribution < -0.4 is 4.72 Å². The maximum absolute atomic E-state index is 12.2. The molecule has 0 radical (unpaired) electrons. The molecule has 0 saturated heterocycles. The summed E-state index contributed by atoms with van der Waals surface area (Å²) in [5, 5.41) is 9.79. The summed E-state index contributed by atoms with van der Waals surface area (Å²) in [7, 11) is -3.65. The number of aromatic hydroxyl groups is 1. The number of halogens is 1. The second kappa shape index (κ2) is 5.52. The lowest BCUT2D eigenvalue weighted by atomic mass is 10.3. The zero-order valence-electron chi connectivity index (χ0n) is 10.1. The molecule has 19 heavy (non-hydrogen) atoms. The van der Waals surface area contributed by atoms with E-state index in [1.54, 1.807) is 24.3 Å². The molecular weight excluding hydrogens is 350 g/mol. The Kier molecular flexibility index (Phi) is 4.17. The van der Waals surface area contributed by atoms with Crippen LogP contribution in [0.15, 0.2) is 39.0 Å². The molecule has 0 aliphatic heterocycles. The second-order valence-electron chi connectivity index (χ2n) is 3.82. The lowest BCUT2D eigenvalue weighted by Gasteiger charge is -2.08. The van der Waals surface area contributed by atoms with E-state index >= 15 is 0 Å². The lowest BCUT2D eigenvalue weighted by molar-refractivity contribution is 0.474. The number of hydrogen-bond donors (Lipinski definition) is 2. The predicted molar refractivity (Wildman–Crippen MR) is 80.3 cm³/mol. The second-order valence-corrected chi connectivity index (χ2v) is 7.75. The summed E-state index contributed by atoms with van der Waals surface area (Å²) in [4.78, 5) is 0.999. The van der Waals surface area contributed by atoms with Crippen molar-refractivity contribution in [3.05, 3.63) is 39.7 Å². The number of phenols is 1. The first-order valence-corrected chi connectivity index (χ1v) is 8.62. The van der Waals surface area contributed by atoms with Crippen molar-refractivity contribution in [3.8, 4) is 5.75 Å². The topological polar surface area (TPSA) is 66.4 Å². The van der Waals surface area contributed by atoms with Crippen LogP contribution in [-0.4, -0.2) is 13.5 Å². The van der Waals surface area contributed by atoms with Crippen LogP contribution in [0.3, 0.4) is 0 Å². The summed E-state index contributed by atoms with van der Waals surface area (Å²) in [6.45, 7) is 1.97. The summed E-state index contributed by atoms with van der Waals surface area (Å²) in [6.07, 6.45) is 0.794. The number of phenolic OH excluding ortho intramolecular Hbond substituents is 1. The highest BCUT2D eigenvalue weighted by Crippen LogP contribution is 2.33. The molecule has 0 aliphatic rings. The third-order valence-corrected chi connectivity index (χ3v) is 6.21. The van der Waals surface area contributed by atoms with Crippen LogP contribution in [0.5, 0.6) is 5.75 Å². The van der Waals surface area contributed by atoms with E-state index in [4.69, 9.17) is 0 Å². The highest BCUT2D eigenvalue weighted by Gasteiger charge is 2.18. The minimum absolute atomic E-state index is 0.127. The first-order valence-electron chi connectivity index (χ1n) is 5.53. The molecule has 0 saturated carbocycles. The van der Waals surface area contributed by atoms with Gasteiger partial charge in [0.25, 0.3) is 10.0 Å². The first kappa shape index (κ1) is 14.4. The van der Waals surface area contributed by atoms with Gasteiger partial charge in [0.05, 0.1) is 10.2 Å². The number of para-hydroxylation sites is 1. The fourth-order valence-electron chi connectivity index (χ4n) is 1.49. The van der Waals surface area contributed by atoms with Crippen LogP contribution in [0.1, 0.15) is 11.8 Å². The Bertz CT molecular complexity index is 695. The highest BCUT2D eigenvalue weighted by atomic mass is 79.9. The third-order valence-electron chi connectivity index (χ3n) is 2.48. The van der Waals surface area contributed by atoms with Gasteiger partial charge in [0.15, 0.2) is 5.75 Å². The molecule has 4 nitrogen and oxygen atoms in total. The molecule has 1 heterocycles. The minimum Gasteiger partial charge on any atom is -0.505 e. The van der Waals surface area contributed by atoms with Gasteiger partial charge in [-0.3, -0.25) is 4.72 Å². The number of anilines is 1. The standard InChI is InChI=1S/C12H12BrNO3S2/c1-2-8-6-7-11(18-8)19(16,17)14-10-5-3-4-9(13)12(10)15/h3-7,14-15H,2H2,1H3. The van der Waals surface area contributed by atoms with Gasteiger partial charge in [-0.25, -0.2) is 8.42 Å². The van der Waals surface area contributed by atoms with Crippen LogP contribution >= 0.6 is 27.3 Å². The molecule has 2 N–H and O–H groups in total. The Morgan fingerprint density at radius 2 is 2.05 bits per heavy atom. The number of hydrogen-bond acceptors (Lipinski definition) is 4. The molecule has 0 bridgehead atoms. The summed E-state index contributed by atoms with van der Waals surface area (Å²) in [5.74, 6) is -0.127. The van der Waals surface area contributed by atoms with E-state index in [9.17, 15) is 13.5 Å². The zero-order valence-corrected chi connectivity index (χ0v) is 13.3. The van der Waals surface area contributed by atoms with Gasteiger partial charge < -0.3 is 5.11 Å². The van der Waals surface area contributed by atoms with Crippen LogP contribution in [0.4, 0.5) is 5.69 Å². The molecule has 0 spiro atoms. The highest BCUT2D eigenvalue weighted by molar-refractivity contribution is 9.10. The lowest BCUT2D eigenvalue weighted by Crippen LogP contribution is -2.11. The van der Waals surface area contributed by atoms with E-state index in [2.05, 4.69) is 20.7 Å². The molecule has 7 heteroatoms. The van der Waals surface area contributed by atoms with Crippen molar-refractivity contribution in [2.24, 2.45) is 0 Å². The van der Waals surface area contributed by atoms with Gasteiger partial charge in [-0.2, -0.15) is 0 Å². The molecule has 0 atom stereocenters. The maximum atomic E-state index is 12.2. The Morgan fingerprint density at radius 1 is 1.32 bits per heavy atom. The van der Waals surface area contributed by atoms with Crippen LogP contribution in [0.2, 0.25) is 0 Å². The van der Waals surface area contributed by atoms with Gasteiger partial charge in [0, 0.05) is 4.88 Å². The summed E-state index contributed by atoms with van der Waals surface area (Å²) in [5.41, 5.74) is 0.154. The molecule has 0 aliphatic carbocycles. The molecule has 0 fully saturated rings. The van der Waals surface area contributed by atoms with Gasteiger partial charge in [-0.1, -0.05) is 13.0 Å². The SMILES string of the molecule is CCc1ccc(S(=O)(=O)Nc2cccc(Br)c2O)s1. The third kappa shape index (κ3) is 3.10. The first-order chi connectivity index (χ1) is 8.94. The van der Waals surface area contributed by atoms with Crippen molar-refractivity contribution < 1.29 is 13.5 Å². The van der Waals surface area contributed by atoms with Crippen molar-refractivity contribution in [2.45, 2.75) is 17.6 Å². The quantitative estimate of drug-likeness (QED) is 0.817. The van der Waals surface area contributed by atoms with Crippen molar-refractivity contribution in [2.75, 3.05) is 4.72 Å². The van der Waals surface area contributed by atoms with Crippen molar-refractivity contribution in [1.82, 2.24) is 0 Å². The van der Waals surface area contributed by atoms with E-state index in [0.29, 0.717) is 4.47 Å². The van der Waals surface area contributed by atoms with Crippen LogP contribution in [0, 0.1) is 0 Å². The normalized spacial score (nSPS) is 11.5. The van der Waals surface area contributed by atoms with Crippen LogP contribution in [0.25, 0.3) is 0 Å². The average molecular weight is 362 g/mol. The largest absolute Gasteiger partial charge is 0.505 e. The monoisotopic (exact) mass is 361 g/mol. The number of nitrogens with one attached hydrogen (secondary N) is 1. The van der Waals surface area contributed by atoms with Gasteiger partial charge in [-0.15, -0.1) is 11.3 Å². The predicted octanol–water partition coefficient (Wildman–Crippen LogP) is 3.58. The molecular formula is C12H12BrNO3S2. The summed E-state index contributed by atoms with van der Waals surface area (Å²) in [6, 6.07) is 8.15. The van der Waals surface area contributed by atoms with Gasteiger partial charge in [0.2, 0.25) is 0 Å². The van der Waals surface area contributed by atoms with Crippen molar-refractivity contribution in [3.63, 3.8) is 0 Å². The average Bonchev–Trinajstić information content (AvgIpc) is 2.84. The van der Waals surface area contributed by atoms with Gasteiger partial charge in [0.1, 0.15) is 4.21 Å². The molecule has 1 aromatic heterocycles. The Balaban J connectivity index is 2.33. The number of rotatable bonds is 4. The molecule has 2 aromatic rings. The van der Waals surface area contributed by atoms with E-state index in [-0.39, 0.29) is 15.6 Å². The minimum atomic E-state index is -3.65. The smallest absolute Gasteiger partial charge is 0.271 e. The molecule has 2 rings (SSSR count). The number of sulfonamides is 1. The Hall–Kier alpha value is -1.05. The molecule has 0 amide bonds. The Labute approximate surface area is 124 Å². The van der Waals surface area contributed by atoms with Crippen molar-refractivity contribution >= 4 is 43.0 Å². The number of aryl methyl sites for hydroxylation is 1. The maximum Gasteiger partial charge on any atom is 0.271 e. The summed E-state index contributed by atoms with van der Waals surface area (Å²) < 4.78 is 27.4. The zero-order chi connectivity index (χ0) is 14.0. The number of benzene rings is 1.